The fourth-order valence-electron chi connectivity index (χ4n) is 1.89. The molecule has 2 rings (SSSR count). The number of carbonyl (C=O) groups is 2. The fraction of sp³-hybridized carbons (Fsp3) is 0.0667. The highest BCUT2D eigenvalue weighted by Gasteiger charge is 2.16. The number of carbonyl (C=O) groups excluding carboxylic acids is 1. The summed E-state index contributed by atoms with van der Waals surface area (Å²) in [5, 5.41) is 22.7. The van der Waals surface area contributed by atoms with E-state index in [-0.39, 0.29) is 16.9 Å². The van der Waals surface area contributed by atoms with E-state index in [0.717, 1.165) is 6.07 Å². The van der Waals surface area contributed by atoms with Gasteiger partial charge in [0.1, 0.15) is 0 Å². The Bertz CT molecular complexity index is 770. The number of methoxy groups -OCH3 is 1. The van der Waals surface area contributed by atoms with Crippen molar-refractivity contribution in [2.24, 2.45) is 0 Å². The maximum atomic E-state index is 11.3. The number of nitrogens with zero attached hydrogens (tertiary/aromatic N) is 1. The van der Waals surface area contributed by atoms with E-state index in [1.807, 2.05) is 0 Å². The van der Waals surface area contributed by atoms with Crippen molar-refractivity contribution in [3.8, 4) is 0 Å². The van der Waals surface area contributed by atoms with Crippen molar-refractivity contribution in [2.75, 3.05) is 12.4 Å². The van der Waals surface area contributed by atoms with Gasteiger partial charge in [-0.2, -0.15) is 0 Å². The molecule has 0 amide bonds. The van der Waals surface area contributed by atoms with E-state index in [1.54, 1.807) is 12.1 Å². The summed E-state index contributed by atoms with van der Waals surface area (Å²) < 4.78 is 4.58. The topological polar surface area (TPSA) is 119 Å². The van der Waals surface area contributed by atoms with Gasteiger partial charge in [-0.25, -0.2) is 9.59 Å². The van der Waals surface area contributed by atoms with Crippen LogP contribution in [-0.4, -0.2) is 29.1 Å². The molecule has 0 aliphatic heterocycles. The molecule has 0 aliphatic carbocycles. The van der Waals surface area contributed by atoms with Crippen molar-refractivity contribution >= 4 is 29.0 Å². The van der Waals surface area contributed by atoms with Gasteiger partial charge < -0.3 is 15.2 Å². The lowest BCUT2D eigenvalue weighted by Crippen LogP contribution is -2.04. The van der Waals surface area contributed by atoms with Crippen molar-refractivity contribution in [1.82, 2.24) is 0 Å². The van der Waals surface area contributed by atoms with Crippen LogP contribution in [0.3, 0.4) is 0 Å². The van der Waals surface area contributed by atoms with Crippen LogP contribution in [0.2, 0.25) is 0 Å². The van der Waals surface area contributed by atoms with Crippen LogP contribution in [0.1, 0.15) is 20.7 Å². The van der Waals surface area contributed by atoms with Crippen LogP contribution in [0, 0.1) is 10.1 Å². The Morgan fingerprint density at radius 2 is 1.83 bits per heavy atom. The molecule has 0 heterocycles. The highest BCUT2D eigenvalue weighted by molar-refractivity contribution is 5.96. The quantitative estimate of drug-likeness (QED) is 0.494. The van der Waals surface area contributed by atoms with Gasteiger partial charge in [0.25, 0.3) is 5.69 Å². The highest BCUT2D eigenvalue weighted by Crippen LogP contribution is 2.25. The smallest absolute Gasteiger partial charge is 0.338 e. The monoisotopic (exact) mass is 316 g/mol. The lowest BCUT2D eigenvalue weighted by Gasteiger charge is -2.10. The molecule has 0 atom stereocenters. The molecule has 118 valence electrons. The molecule has 0 aliphatic rings. The first kappa shape index (κ1) is 16.0. The molecule has 0 fully saturated rings. The van der Waals surface area contributed by atoms with E-state index in [1.165, 1.54) is 31.4 Å². The third kappa shape index (κ3) is 3.62. The summed E-state index contributed by atoms with van der Waals surface area (Å²) in [4.78, 5) is 32.6. The number of benzene rings is 2. The standard InChI is InChI=1S/C15H12N2O6/c1-23-15(20)9-2-4-10(5-3-9)16-13-7-6-11(17(21)22)8-12(13)14(18)19/h2-8,16H,1H3,(H,18,19). The minimum absolute atomic E-state index is 0.203. The van der Waals surface area contributed by atoms with Gasteiger partial charge in [-0.05, 0) is 30.3 Å². The zero-order chi connectivity index (χ0) is 17.0. The SMILES string of the molecule is COC(=O)c1ccc(Nc2ccc([N+](=O)[O-])cc2C(=O)O)cc1. The molecule has 0 unspecified atom stereocenters. The molecular weight excluding hydrogens is 304 g/mol. The van der Waals surface area contributed by atoms with Crippen LogP contribution in [0.25, 0.3) is 0 Å². The normalized spacial score (nSPS) is 9.96. The van der Waals surface area contributed by atoms with Gasteiger partial charge >= 0.3 is 11.9 Å². The Hall–Kier alpha value is -3.42. The van der Waals surface area contributed by atoms with Crippen molar-refractivity contribution in [1.29, 1.82) is 0 Å². The van der Waals surface area contributed by atoms with E-state index in [0.29, 0.717) is 11.3 Å². The third-order valence-corrected chi connectivity index (χ3v) is 3.03. The molecule has 0 saturated heterocycles. The second-order valence-electron chi connectivity index (χ2n) is 4.49. The number of carboxylic acid groups (broad SMARTS) is 1. The van der Waals surface area contributed by atoms with E-state index in [9.17, 15) is 24.8 Å². The van der Waals surface area contributed by atoms with Crippen LogP contribution < -0.4 is 5.32 Å². The Kier molecular flexibility index (Phi) is 4.55. The first-order valence-electron chi connectivity index (χ1n) is 6.39. The number of hydrogen-bond acceptors (Lipinski definition) is 6. The van der Waals surface area contributed by atoms with Crippen LogP contribution in [0.5, 0.6) is 0 Å². The van der Waals surface area contributed by atoms with E-state index in [2.05, 4.69) is 10.1 Å². The number of esters is 1. The number of nitrogens with one attached hydrogen (secondary N) is 1. The minimum Gasteiger partial charge on any atom is -0.478 e. The molecule has 8 nitrogen and oxygen atoms in total. The number of non-ortho nitro benzene ring substituents is 1. The average Bonchev–Trinajstić information content (AvgIpc) is 2.54. The van der Waals surface area contributed by atoms with Crippen molar-refractivity contribution in [2.45, 2.75) is 0 Å². The lowest BCUT2D eigenvalue weighted by molar-refractivity contribution is -0.384. The summed E-state index contributed by atoms with van der Waals surface area (Å²) in [6, 6.07) is 9.67. The molecule has 0 bridgehead atoms. The van der Waals surface area contributed by atoms with Gasteiger partial charge in [-0.15, -0.1) is 0 Å². The van der Waals surface area contributed by atoms with Crippen molar-refractivity contribution < 1.29 is 24.4 Å². The number of anilines is 2. The Morgan fingerprint density at radius 1 is 1.17 bits per heavy atom. The number of carboxylic acids is 1. The van der Waals surface area contributed by atoms with Crippen molar-refractivity contribution in [3.63, 3.8) is 0 Å². The van der Waals surface area contributed by atoms with Gasteiger partial charge in [-0.3, -0.25) is 10.1 Å². The number of aromatic carboxylic acids is 1. The van der Waals surface area contributed by atoms with E-state index >= 15 is 0 Å². The molecule has 23 heavy (non-hydrogen) atoms. The molecule has 0 saturated carbocycles. The molecule has 0 aromatic heterocycles. The molecule has 2 aromatic carbocycles. The molecule has 8 heteroatoms. The molecule has 2 N–H and O–H groups in total. The molecular formula is C15H12N2O6. The summed E-state index contributed by atoms with van der Waals surface area (Å²) in [7, 11) is 1.27. The van der Waals surface area contributed by atoms with Crippen LogP contribution in [-0.2, 0) is 4.74 Å². The fourth-order valence-corrected chi connectivity index (χ4v) is 1.89. The number of ether oxygens (including phenoxy) is 1. The Labute approximate surface area is 130 Å². The van der Waals surface area contributed by atoms with E-state index < -0.39 is 16.9 Å². The molecule has 0 spiro atoms. The second-order valence-corrected chi connectivity index (χ2v) is 4.49. The zero-order valence-corrected chi connectivity index (χ0v) is 12.0. The first-order valence-corrected chi connectivity index (χ1v) is 6.39. The molecule has 0 radical (unpaired) electrons. The summed E-state index contributed by atoms with van der Waals surface area (Å²) in [6.45, 7) is 0. The number of nitro groups is 1. The van der Waals surface area contributed by atoms with Crippen LogP contribution in [0.15, 0.2) is 42.5 Å². The van der Waals surface area contributed by atoms with E-state index in [4.69, 9.17) is 0 Å². The molecule has 2 aromatic rings. The maximum Gasteiger partial charge on any atom is 0.338 e. The lowest BCUT2D eigenvalue weighted by atomic mass is 10.1. The largest absolute Gasteiger partial charge is 0.478 e. The predicted octanol–water partition coefficient (Wildman–Crippen LogP) is 2.82. The Balaban J connectivity index is 2.30. The number of rotatable bonds is 5. The summed E-state index contributed by atoms with van der Waals surface area (Å²) in [6.07, 6.45) is 0. The predicted molar refractivity (Wildman–Crippen MR) is 81.1 cm³/mol. The minimum atomic E-state index is -1.29. The summed E-state index contributed by atoms with van der Waals surface area (Å²) >= 11 is 0. The van der Waals surface area contributed by atoms with Gasteiger partial charge in [0.15, 0.2) is 0 Å². The second kappa shape index (κ2) is 6.56. The summed E-state index contributed by atoms with van der Waals surface area (Å²) in [5.74, 6) is -1.78. The summed E-state index contributed by atoms with van der Waals surface area (Å²) in [5.41, 5.74) is 0.536. The average molecular weight is 316 g/mol. The highest BCUT2D eigenvalue weighted by atomic mass is 16.6. The first-order chi connectivity index (χ1) is 10.9. The van der Waals surface area contributed by atoms with Gasteiger partial charge in [0, 0.05) is 17.8 Å². The number of nitro benzene ring substituents is 1. The Morgan fingerprint density at radius 3 is 2.35 bits per heavy atom. The maximum absolute atomic E-state index is 11.3. The number of hydrogen-bond donors (Lipinski definition) is 2. The van der Waals surface area contributed by atoms with Gasteiger partial charge in [-0.1, -0.05) is 0 Å². The van der Waals surface area contributed by atoms with Gasteiger partial charge in [0.05, 0.1) is 28.8 Å². The van der Waals surface area contributed by atoms with Crippen LogP contribution >= 0.6 is 0 Å². The van der Waals surface area contributed by atoms with Crippen molar-refractivity contribution in [3.05, 3.63) is 63.7 Å². The third-order valence-electron chi connectivity index (χ3n) is 3.03. The zero-order valence-electron chi connectivity index (χ0n) is 12.0. The van der Waals surface area contributed by atoms with Crippen LogP contribution in [0.4, 0.5) is 17.1 Å². The van der Waals surface area contributed by atoms with Gasteiger partial charge in [0.2, 0.25) is 0 Å².